The van der Waals surface area contributed by atoms with Crippen LogP contribution in [0.4, 0.5) is 18.9 Å². The van der Waals surface area contributed by atoms with E-state index in [1.54, 1.807) is 31.0 Å². The summed E-state index contributed by atoms with van der Waals surface area (Å²) in [6.45, 7) is 2.13. The zero-order chi connectivity index (χ0) is 18.4. The third-order valence-electron chi connectivity index (χ3n) is 3.77. The minimum absolute atomic E-state index is 0.134. The van der Waals surface area contributed by atoms with Gasteiger partial charge in [-0.3, -0.25) is 9.69 Å². The van der Waals surface area contributed by atoms with Crippen LogP contribution in [-0.2, 0) is 4.79 Å². The maximum Gasteiger partial charge on any atom is 0.241 e. The van der Waals surface area contributed by atoms with Crippen molar-refractivity contribution in [3.63, 3.8) is 0 Å². The number of ether oxygens (including phenoxy) is 1. The number of anilines is 1. The summed E-state index contributed by atoms with van der Waals surface area (Å²) in [7, 11) is 1.68. The molecule has 0 spiro atoms. The first kappa shape index (κ1) is 18.8. The molecular weight excluding hydrogens is 333 g/mol. The van der Waals surface area contributed by atoms with Gasteiger partial charge in [-0.05, 0) is 38.2 Å². The van der Waals surface area contributed by atoms with Crippen LogP contribution >= 0.6 is 0 Å². The summed E-state index contributed by atoms with van der Waals surface area (Å²) in [6, 6.07) is 8.24. The van der Waals surface area contributed by atoms with Crippen LogP contribution in [0.1, 0.15) is 6.92 Å². The first-order chi connectivity index (χ1) is 11.9. The number of carbonyl (C=O) groups is 1. The van der Waals surface area contributed by atoms with Gasteiger partial charge in [0.15, 0.2) is 11.6 Å². The number of carbonyl (C=O) groups excluding carboxylic acids is 1. The topological polar surface area (TPSA) is 41.6 Å². The molecule has 25 heavy (non-hydrogen) atoms. The van der Waals surface area contributed by atoms with Crippen molar-refractivity contribution >= 4 is 11.6 Å². The molecule has 2 aromatic rings. The van der Waals surface area contributed by atoms with Crippen molar-refractivity contribution in [3.05, 3.63) is 59.9 Å². The Hall–Kier alpha value is -2.54. The quantitative estimate of drug-likeness (QED) is 0.830. The van der Waals surface area contributed by atoms with Crippen LogP contribution in [0.3, 0.4) is 0 Å². The van der Waals surface area contributed by atoms with Crippen LogP contribution in [0.2, 0.25) is 0 Å². The molecule has 1 atom stereocenters. The van der Waals surface area contributed by atoms with Crippen LogP contribution in [0, 0.1) is 17.5 Å². The standard InChI is InChI=1S/C18H19F3N2O2/c1-12(18(24)22-16-11-13(19)7-8-14(16)20)23(2)9-10-25-17-6-4-3-5-15(17)21/h3-8,11-12H,9-10H2,1-2H3,(H,22,24). The van der Waals surface area contributed by atoms with Gasteiger partial charge < -0.3 is 10.1 Å². The summed E-state index contributed by atoms with van der Waals surface area (Å²) in [4.78, 5) is 13.8. The second-order valence-electron chi connectivity index (χ2n) is 5.55. The second-order valence-corrected chi connectivity index (χ2v) is 5.55. The number of nitrogens with zero attached hydrogens (tertiary/aromatic N) is 1. The molecule has 4 nitrogen and oxygen atoms in total. The van der Waals surface area contributed by atoms with Gasteiger partial charge in [0.1, 0.15) is 18.2 Å². The Kier molecular flexibility index (Phi) is 6.41. The SMILES string of the molecule is CC(C(=O)Nc1cc(F)ccc1F)N(C)CCOc1ccccc1F. The third-order valence-corrected chi connectivity index (χ3v) is 3.77. The van der Waals surface area contributed by atoms with E-state index < -0.39 is 29.4 Å². The van der Waals surface area contributed by atoms with Crippen LogP contribution < -0.4 is 10.1 Å². The van der Waals surface area contributed by atoms with Gasteiger partial charge >= 0.3 is 0 Å². The monoisotopic (exact) mass is 352 g/mol. The molecule has 0 aliphatic rings. The molecule has 0 saturated heterocycles. The largest absolute Gasteiger partial charge is 0.489 e. The minimum atomic E-state index is -0.715. The highest BCUT2D eigenvalue weighted by Gasteiger charge is 2.19. The lowest BCUT2D eigenvalue weighted by Crippen LogP contribution is -2.41. The summed E-state index contributed by atoms with van der Waals surface area (Å²) in [5.74, 6) is -2.17. The Balaban J connectivity index is 1.86. The Labute approximate surface area is 144 Å². The van der Waals surface area contributed by atoms with Crippen LogP contribution in [0.25, 0.3) is 0 Å². The molecule has 134 valence electrons. The molecule has 0 saturated carbocycles. The molecule has 1 amide bonds. The molecule has 0 fully saturated rings. The fourth-order valence-electron chi connectivity index (χ4n) is 2.09. The van der Waals surface area contributed by atoms with Gasteiger partial charge in [0, 0.05) is 12.6 Å². The van der Waals surface area contributed by atoms with E-state index in [1.807, 2.05) is 0 Å². The number of para-hydroxylation sites is 1. The number of hydrogen-bond acceptors (Lipinski definition) is 3. The zero-order valence-corrected chi connectivity index (χ0v) is 13.9. The number of rotatable bonds is 7. The average Bonchev–Trinajstić information content (AvgIpc) is 2.59. The molecule has 0 aliphatic heterocycles. The molecule has 0 aliphatic carbocycles. The lowest BCUT2D eigenvalue weighted by Gasteiger charge is -2.24. The van der Waals surface area contributed by atoms with E-state index in [2.05, 4.69) is 5.32 Å². The highest BCUT2D eigenvalue weighted by atomic mass is 19.1. The molecule has 2 aromatic carbocycles. The fourth-order valence-corrected chi connectivity index (χ4v) is 2.09. The van der Waals surface area contributed by atoms with E-state index in [4.69, 9.17) is 4.74 Å². The number of amides is 1. The van der Waals surface area contributed by atoms with Crippen molar-refractivity contribution in [2.45, 2.75) is 13.0 Å². The van der Waals surface area contributed by atoms with Gasteiger partial charge in [0.25, 0.3) is 0 Å². The van der Waals surface area contributed by atoms with Crippen LogP contribution in [0.15, 0.2) is 42.5 Å². The number of benzene rings is 2. The van der Waals surface area contributed by atoms with Crippen molar-refractivity contribution in [3.8, 4) is 5.75 Å². The van der Waals surface area contributed by atoms with Crippen molar-refractivity contribution in [1.82, 2.24) is 4.90 Å². The van der Waals surface area contributed by atoms with Gasteiger partial charge in [-0.1, -0.05) is 12.1 Å². The normalized spacial score (nSPS) is 12.1. The van der Waals surface area contributed by atoms with Crippen molar-refractivity contribution in [2.75, 3.05) is 25.5 Å². The van der Waals surface area contributed by atoms with Gasteiger partial charge in [0.05, 0.1) is 11.7 Å². The van der Waals surface area contributed by atoms with Crippen molar-refractivity contribution in [1.29, 1.82) is 0 Å². The van der Waals surface area contributed by atoms with E-state index in [9.17, 15) is 18.0 Å². The lowest BCUT2D eigenvalue weighted by molar-refractivity contribution is -0.120. The predicted molar refractivity (Wildman–Crippen MR) is 89.0 cm³/mol. The fraction of sp³-hybridized carbons (Fsp3) is 0.278. The minimum Gasteiger partial charge on any atom is -0.489 e. The average molecular weight is 352 g/mol. The highest BCUT2D eigenvalue weighted by Crippen LogP contribution is 2.17. The summed E-state index contributed by atoms with van der Waals surface area (Å²) in [5, 5.41) is 2.35. The Bertz CT molecular complexity index is 740. The van der Waals surface area contributed by atoms with Gasteiger partial charge in [0.2, 0.25) is 5.91 Å². The van der Waals surface area contributed by atoms with Crippen LogP contribution in [-0.4, -0.2) is 37.0 Å². The van der Waals surface area contributed by atoms with E-state index in [-0.39, 0.29) is 18.0 Å². The van der Waals surface area contributed by atoms with Gasteiger partial charge in [-0.2, -0.15) is 0 Å². The number of nitrogens with one attached hydrogen (secondary N) is 1. The molecule has 0 bridgehead atoms. The molecule has 2 rings (SSSR count). The first-order valence-electron chi connectivity index (χ1n) is 7.72. The highest BCUT2D eigenvalue weighted by molar-refractivity contribution is 5.94. The van der Waals surface area contributed by atoms with Crippen molar-refractivity contribution < 1.29 is 22.7 Å². The Morgan fingerprint density at radius 2 is 1.88 bits per heavy atom. The molecule has 1 unspecified atom stereocenters. The summed E-state index contributed by atoms with van der Waals surface area (Å²) in [6.07, 6.45) is 0. The molecule has 0 radical (unpaired) electrons. The summed E-state index contributed by atoms with van der Waals surface area (Å²) < 4.78 is 45.5. The molecule has 0 aromatic heterocycles. The summed E-state index contributed by atoms with van der Waals surface area (Å²) in [5.41, 5.74) is -0.215. The zero-order valence-electron chi connectivity index (χ0n) is 13.9. The van der Waals surface area contributed by atoms with Gasteiger partial charge in [-0.25, -0.2) is 13.2 Å². The maximum absolute atomic E-state index is 13.6. The Morgan fingerprint density at radius 3 is 2.60 bits per heavy atom. The van der Waals surface area contributed by atoms with E-state index in [0.29, 0.717) is 6.54 Å². The maximum atomic E-state index is 13.6. The van der Waals surface area contributed by atoms with E-state index in [0.717, 1.165) is 18.2 Å². The number of likely N-dealkylation sites (N-methyl/N-ethyl adjacent to an activating group) is 1. The smallest absolute Gasteiger partial charge is 0.241 e. The molecular formula is C18H19F3N2O2. The van der Waals surface area contributed by atoms with Crippen molar-refractivity contribution in [2.24, 2.45) is 0 Å². The number of halogens is 3. The second kappa shape index (κ2) is 8.53. The molecule has 0 heterocycles. The lowest BCUT2D eigenvalue weighted by atomic mass is 10.2. The first-order valence-corrected chi connectivity index (χ1v) is 7.72. The number of hydrogen-bond donors (Lipinski definition) is 1. The van der Waals surface area contributed by atoms with Gasteiger partial charge in [-0.15, -0.1) is 0 Å². The molecule has 1 N–H and O–H groups in total. The third kappa shape index (κ3) is 5.22. The van der Waals surface area contributed by atoms with Crippen LogP contribution in [0.5, 0.6) is 5.75 Å². The predicted octanol–water partition coefficient (Wildman–Crippen LogP) is 3.44. The summed E-state index contributed by atoms with van der Waals surface area (Å²) >= 11 is 0. The van der Waals surface area contributed by atoms with E-state index >= 15 is 0 Å². The van der Waals surface area contributed by atoms with E-state index in [1.165, 1.54) is 12.1 Å². The Morgan fingerprint density at radius 1 is 1.16 bits per heavy atom. The molecule has 7 heteroatoms.